The van der Waals surface area contributed by atoms with E-state index in [1.165, 1.54) is 6.20 Å². The number of anilines is 1. The first-order valence-corrected chi connectivity index (χ1v) is 10.8. The van der Waals surface area contributed by atoms with Crippen molar-refractivity contribution in [1.82, 2.24) is 9.78 Å². The standard InChI is InChI=1S/C21H18Cl4N4O2/c1-2-9-31-14-5-3-13(4-6-14)10-26-28-18-11-27-29(21(30)20(18)25)12-15-16(22)7-8-17(23)19(15)24/h3-8,10-11,28H,2,9,12H2,1H3/b26-10-. The molecule has 1 aromatic heterocycles. The van der Waals surface area contributed by atoms with Crippen LogP contribution in [0.3, 0.4) is 0 Å². The second kappa shape index (κ2) is 10.9. The molecule has 2 aromatic carbocycles. The van der Waals surface area contributed by atoms with Gasteiger partial charge < -0.3 is 4.74 Å². The molecule has 0 saturated carbocycles. The monoisotopic (exact) mass is 498 g/mol. The van der Waals surface area contributed by atoms with Gasteiger partial charge in [-0.2, -0.15) is 10.2 Å². The molecule has 0 saturated heterocycles. The summed E-state index contributed by atoms with van der Waals surface area (Å²) < 4.78 is 6.69. The minimum absolute atomic E-state index is 0.0206. The summed E-state index contributed by atoms with van der Waals surface area (Å²) in [5.74, 6) is 0.794. The molecule has 0 radical (unpaired) electrons. The first kappa shape index (κ1) is 23.4. The van der Waals surface area contributed by atoms with E-state index in [1.54, 1.807) is 18.3 Å². The van der Waals surface area contributed by atoms with E-state index in [4.69, 9.17) is 51.1 Å². The van der Waals surface area contributed by atoms with Crippen molar-refractivity contribution in [2.24, 2.45) is 5.10 Å². The fraction of sp³-hybridized carbons (Fsp3) is 0.190. The zero-order valence-corrected chi connectivity index (χ0v) is 19.4. The van der Waals surface area contributed by atoms with Gasteiger partial charge in [-0.15, -0.1) is 0 Å². The van der Waals surface area contributed by atoms with E-state index in [2.05, 4.69) is 15.6 Å². The molecule has 0 atom stereocenters. The third-order valence-corrected chi connectivity index (χ3v) is 5.75. The van der Waals surface area contributed by atoms with Crippen LogP contribution >= 0.6 is 46.4 Å². The molecule has 6 nitrogen and oxygen atoms in total. The van der Waals surface area contributed by atoms with E-state index in [1.807, 2.05) is 31.2 Å². The number of benzene rings is 2. The lowest BCUT2D eigenvalue weighted by atomic mass is 10.2. The minimum Gasteiger partial charge on any atom is -0.494 e. The van der Waals surface area contributed by atoms with Crippen LogP contribution in [0.5, 0.6) is 5.75 Å². The summed E-state index contributed by atoms with van der Waals surface area (Å²) in [5, 5.41) is 9.13. The Labute approximate surface area is 199 Å². The first-order valence-electron chi connectivity index (χ1n) is 9.30. The molecule has 3 aromatic rings. The highest BCUT2D eigenvalue weighted by Crippen LogP contribution is 2.31. The van der Waals surface area contributed by atoms with Crippen LogP contribution < -0.4 is 15.7 Å². The predicted octanol–water partition coefficient (Wildman–Crippen LogP) is 6.14. The molecule has 0 fully saturated rings. The fourth-order valence-corrected chi connectivity index (χ4v) is 3.42. The number of hydrogen-bond donors (Lipinski definition) is 1. The van der Waals surface area contributed by atoms with Crippen LogP contribution in [0.25, 0.3) is 0 Å². The van der Waals surface area contributed by atoms with Crippen molar-refractivity contribution in [3.63, 3.8) is 0 Å². The molecule has 0 spiro atoms. The van der Waals surface area contributed by atoms with Gasteiger partial charge in [-0.3, -0.25) is 10.2 Å². The van der Waals surface area contributed by atoms with Gasteiger partial charge in [0.25, 0.3) is 5.56 Å². The lowest BCUT2D eigenvalue weighted by Crippen LogP contribution is -2.24. The highest BCUT2D eigenvalue weighted by Gasteiger charge is 2.14. The Balaban J connectivity index is 1.72. The van der Waals surface area contributed by atoms with Crippen molar-refractivity contribution in [1.29, 1.82) is 0 Å². The highest BCUT2D eigenvalue weighted by atomic mass is 35.5. The van der Waals surface area contributed by atoms with E-state index >= 15 is 0 Å². The molecule has 3 rings (SSSR count). The number of rotatable bonds is 8. The molecule has 162 valence electrons. The molecule has 10 heteroatoms. The summed E-state index contributed by atoms with van der Waals surface area (Å²) in [6.45, 7) is 2.74. The Morgan fingerprint density at radius 1 is 1.06 bits per heavy atom. The van der Waals surface area contributed by atoms with Gasteiger partial charge >= 0.3 is 0 Å². The summed E-state index contributed by atoms with van der Waals surface area (Å²) in [6.07, 6.45) is 3.94. The summed E-state index contributed by atoms with van der Waals surface area (Å²) in [7, 11) is 0. The van der Waals surface area contributed by atoms with Crippen LogP contribution in [0, 0.1) is 0 Å². The van der Waals surface area contributed by atoms with Crippen molar-refractivity contribution >= 4 is 58.3 Å². The minimum atomic E-state index is -0.522. The van der Waals surface area contributed by atoms with Crippen LogP contribution in [0.1, 0.15) is 24.5 Å². The molecule has 0 unspecified atom stereocenters. The second-order valence-corrected chi connectivity index (χ2v) is 8.01. The van der Waals surface area contributed by atoms with Crippen LogP contribution in [-0.2, 0) is 6.54 Å². The van der Waals surface area contributed by atoms with Gasteiger partial charge in [0.05, 0.1) is 35.6 Å². The van der Waals surface area contributed by atoms with E-state index in [0.29, 0.717) is 22.2 Å². The maximum atomic E-state index is 12.6. The molecule has 31 heavy (non-hydrogen) atoms. The number of aromatic nitrogens is 2. The number of nitrogens with zero attached hydrogens (tertiary/aromatic N) is 3. The summed E-state index contributed by atoms with van der Waals surface area (Å²) >= 11 is 24.6. The Morgan fingerprint density at radius 3 is 2.48 bits per heavy atom. The second-order valence-electron chi connectivity index (χ2n) is 6.44. The number of nitrogens with one attached hydrogen (secondary N) is 1. The van der Waals surface area contributed by atoms with Gasteiger partial charge in [0.2, 0.25) is 0 Å². The largest absolute Gasteiger partial charge is 0.494 e. The summed E-state index contributed by atoms with van der Waals surface area (Å²) in [6, 6.07) is 10.6. The Morgan fingerprint density at radius 2 is 1.77 bits per heavy atom. The molecule has 0 aliphatic heterocycles. The molecule has 1 N–H and O–H groups in total. The van der Waals surface area contributed by atoms with Gasteiger partial charge in [-0.05, 0) is 48.4 Å². The zero-order valence-electron chi connectivity index (χ0n) is 16.4. The quantitative estimate of drug-likeness (QED) is 0.229. The summed E-state index contributed by atoms with van der Waals surface area (Å²) in [4.78, 5) is 12.6. The third-order valence-electron chi connectivity index (χ3n) is 4.18. The Kier molecular flexibility index (Phi) is 8.21. The molecule has 0 aliphatic rings. The maximum Gasteiger partial charge on any atom is 0.288 e. The van der Waals surface area contributed by atoms with E-state index in [0.717, 1.165) is 22.4 Å². The lowest BCUT2D eigenvalue weighted by molar-refractivity contribution is 0.317. The first-order chi connectivity index (χ1) is 14.9. The van der Waals surface area contributed by atoms with Crippen molar-refractivity contribution in [3.8, 4) is 5.75 Å². The van der Waals surface area contributed by atoms with Gasteiger partial charge in [0, 0.05) is 10.6 Å². The van der Waals surface area contributed by atoms with Crippen molar-refractivity contribution in [2.45, 2.75) is 19.9 Å². The van der Waals surface area contributed by atoms with E-state index < -0.39 is 5.56 Å². The van der Waals surface area contributed by atoms with E-state index in [-0.39, 0.29) is 22.3 Å². The SMILES string of the molecule is CCCOc1ccc(/C=N\Nc2cnn(Cc3c(Cl)ccc(Cl)c3Cl)c(=O)c2Cl)cc1. The van der Waals surface area contributed by atoms with Crippen LogP contribution in [0.2, 0.25) is 20.1 Å². The normalized spacial score (nSPS) is 11.1. The topological polar surface area (TPSA) is 68.5 Å². The molecule has 0 bridgehead atoms. The number of hydrazone groups is 1. The van der Waals surface area contributed by atoms with Crippen molar-refractivity contribution in [3.05, 3.63) is 84.2 Å². The van der Waals surface area contributed by atoms with Gasteiger partial charge in [0.1, 0.15) is 16.5 Å². The maximum absolute atomic E-state index is 12.6. The van der Waals surface area contributed by atoms with Crippen LogP contribution in [0.4, 0.5) is 5.69 Å². The lowest BCUT2D eigenvalue weighted by Gasteiger charge is -2.11. The number of hydrogen-bond acceptors (Lipinski definition) is 5. The average Bonchev–Trinajstić information content (AvgIpc) is 2.77. The fourth-order valence-electron chi connectivity index (χ4n) is 2.57. The molecular formula is C21H18Cl4N4O2. The Hall–Kier alpha value is -2.25. The number of ether oxygens (including phenoxy) is 1. The van der Waals surface area contributed by atoms with E-state index in [9.17, 15) is 4.79 Å². The average molecular weight is 500 g/mol. The van der Waals surface area contributed by atoms with Gasteiger partial charge in [-0.1, -0.05) is 53.3 Å². The predicted molar refractivity (Wildman–Crippen MR) is 128 cm³/mol. The van der Waals surface area contributed by atoms with Crippen molar-refractivity contribution < 1.29 is 4.74 Å². The highest BCUT2D eigenvalue weighted by molar-refractivity contribution is 6.44. The van der Waals surface area contributed by atoms with Crippen LogP contribution in [-0.4, -0.2) is 22.6 Å². The van der Waals surface area contributed by atoms with Crippen molar-refractivity contribution in [2.75, 3.05) is 12.0 Å². The molecule has 1 heterocycles. The third kappa shape index (κ3) is 5.92. The molecule has 0 aliphatic carbocycles. The summed E-state index contributed by atoms with van der Waals surface area (Å²) in [5.41, 5.74) is 3.80. The smallest absolute Gasteiger partial charge is 0.288 e. The zero-order chi connectivity index (χ0) is 22.4. The Bertz CT molecular complexity index is 1150. The van der Waals surface area contributed by atoms with Gasteiger partial charge in [0.15, 0.2) is 0 Å². The van der Waals surface area contributed by atoms with Crippen LogP contribution in [0.15, 0.2) is 52.5 Å². The van der Waals surface area contributed by atoms with Gasteiger partial charge in [-0.25, -0.2) is 4.68 Å². The molecular weight excluding hydrogens is 482 g/mol. The molecule has 0 amide bonds. The number of halogens is 4.